The van der Waals surface area contributed by atoms with E-state index in [1.165, 1.54) is 0 Å². The summed E-state index contributed by atoms with van der Waals surface area (Å²) in [5.74, 6) is -0.235. The Kier molecular flexibility index (Phi) is 7.00. The Bertz CT molecular complexity index is 1440. The minimum atomic E-state index is -0.205. The lowest BCUT2D eigenvalue weighted by Crippen LogP contribution is -2.30. The fraction of sp³-hybridized carbons (Fsp3) is 0.207. The van der Waals surface area contributed by atoms with Crippen LogP contribution in [-0.2, 0) is 4.79 Å². The molecular formula is C29H28ClN5OS. The zero-order chi connectivity index (χ0) is 26.1. The van der Waals surface area contributed by atoms with Crippen LogP contribution in [0.4, 0.5) is 11.4 Å². The molecule has 0 aliphatic carbocycles. The maximum atomic E-state index is 12.2. The molecule has 1 aliphatic rings. The van der Waals surface area contributed by atoms with E-state index in [0.717, 1.165) is 28.5 Å². The van der Waals surface area contributed by atoms with Crippen LogP contribution in [-0.4, -0.2) is 20.6 Å². The first-order valence-corrected chi connectivity index (χ1v) is 13.0. The van der Waals surface area contributed by atoms with E-state index in [-0.39, 0.29) is 23.9 Å². The Morgan fingerprint density at radius 2 is 1.78 bits per heavy atom. The van der Waals surface area contributed by atoms with Crippen molar-refractivity contribution in [2.24, 2.45) is 5.92 Å². The molecule has 2 atom stereocenters. The van der Waals surface area contributed by atoms with Crippen molar-refractivity contribution in [1.82, 2.24) is 14.9 Å². The molecule has 1 aliphatic heterocycles. The molecule has 6 nitrogen and oxygen atoms in total. The summed E-state index contributed by atoms with van der Waals surface area (Å²) in [4.78, 5) is 19.0. The number of carbonyl (C=O) groups excluding carboxylic acids is 1. The molecular weight excluding hydrogens is 502 g/mol. The molecule has 0 bridgehead atoms. The van der Waals surface area contributed by atoms with Gasteiger partial charge in [-0.2, -0.15) is 0 Å². The number of pyridine rings is 1. The molecule has 8 heteroatoms. The minimum Gasteiger partial charge on any atom is -0.351 e. The summed E-state index contributed by atoms with van der Waals surface area (Å²) >= 11 is 12.5. The van der Waals surface area contributed by atoms with Crippen LogP contribution in [0.5, 0.6) is 0 Å². The standard InChI is InChI=1S/C29H28ClN5OS/c1-18(2)28(36)32-23-14-13-21(17-22(23)30)35-27(26(33-29(35)37)24-11-7-8-16-31-24)25-15-12-19(3)34(25)20-9-5-4-6-10-20/h4-18,26-27H,1-3H3,(H,32,36)(H,33,37)/t26-,27+/m1/s1. The van der Waals surface area contributed by atoms with Crippen LogP contribution < -0.4 is 15.5 Å². The zero-order valence-electron chi connectivity index (χ0n) is 20.9. The molecule has 2 N–H and O–H groups in total. The maximum absolute atomic E-state index is 12.2. The van der Waals surface area contributed by atoms with Crippen molar-refractivity contribution >= 4 is 46.2 Å². The number of thiocarbonyl (C=S) groups is 1. The van der Waals surface area contributed by atoms with Crippen LogP contribution in [0, 0.1) is 12.8 Å². The number of carbonyl (C=O) groups is 1. The van der Waals surface area contributed by atoms with Crippen molar-refractivity contribution in [2.75, 3.05) is 10.2 Å². The molecule has 2 aromatic carbocycles. The van der Waals surface area contributed by atoms with Crippen LogP contribution in [0.25, 0.3) is 5.69 Å². The lowest BCUT2D eigenvalue weighted by atomic mass is 10.0. The van der Waals surface area contributed by atoms with Gasteiger partial charge in [-0.3, -0.25) is 9.78 Å². The highest BCUT2D eigenvalue weighted by Crippen LogP contribution is 2.43. The van der Waals surface area contributed by atoms with E-state index in [1.54, 1.807) is 6.20 Å². The predicted octanol–water partition coefficient (Wildman–Crippen LogP) is 6.61. The molecule has 1 fully saturated rings. The number of para-hydroxylation sites is 1. The summed E-state index contributed by atoms with van der Waals surface area (Å²) in [5, 5.41) is 7.43. The molecule has 0 spiro atoms. The second-order valence-electron chi connectivity index (χ2n) is 9.38. The average molecular weight is 530 g/mol. The van der Waals surface area contributed by atoms with Crippen molar-refractivity contribution < 1.29 is 4.79 Å². The Hall–Kier alpha value is -3.68. The number of hydrogen-bond donors (Lipinski definition) is 2. The topological polar surface area (TPSA) is 62.2 Å². The summed E-state index contributed by atoms with van der Waals surface area (Å²) in [6, 6.07) is 25.7. The van der Waals surface area contributed by atoms with E-state index in [4.69, 9.17) is 23.8 Å². The van der Waals surface area contributed by atoms with Crippen LogP contribution in [0.3, 0.4) is 0 Å². The zero-order valence-corrected chi connectivity index (χ0v) is 22.4. The second-order valence-corrected chi connectivity index (χ2v) is 10.2. The largest absolute Gasteiger partial charge is 0.351 e. The smallest absolute Gasteiger partial charge is 0.226 e. The molecule has 5 rings (SSSR count). The highest BCUT2D eigenvalue weighted by atomic mass is 35.5. The van der Waals surface area contributed by atoms with Crippen molar-refractivity contribution in [3.8, 4) is 5.69 Å². The van der Waals surface area contributed by atoms with E-state index >= 15 is 0 Å². The number of anilines is 2. The van der Waals surface area contributed by atoms with Gasteiger partial charge in [0.05, 0.1) is 22.4 Å². The van der Waals surface area contributed by atoms with Gasteiger partial charge in [0.1, 0.15) is 6.04 Å². The van der Waals surface area contributed by atoms with Gasteiger partial charge in [-0.1, -0.05) is 49.7 Å². The Morgan fingerprint density at radius 1 is 1.03 bits per heavy atom. The summed E-state index contributed by atoms with van der Waals surface area (Å²) in [6.07, 6.45) is 1.80. The number of amides is 1. The SMILES string of the molecule is Cc1ccc([C@H]2[C@@H](c3ccccn3)NC(=S)N2c2ccc(NC(=O)C(C)C)c(Cl)c2)n1-c1ccccc1. The fourth-order valence-electron chi connectivity index (χ4n) is 4.69. The normalized spacial score (nSPS) is 17.2. The van der Waals surface area contributed by atoms with E-state index in [2.05, 4.69) is 56.3 Å². The molecule has 1 saturated heterocycles. The summed E-state index contributed by atoms with van der Waals surface area (Å²) < 4.78 is 2.25. The van der Waals surface area contributed by atoms with Crippen molar-refractivity contribution in [1.29, 1.82) is 0 Å². The van der Waals surface area contributed by atoms with Crippen LogP contribution >= 0.6 is 23.8 Å². The van der Waals surface area contributed by atoms with E-state index in [1.807, 2.05) is 68.4 Å². The number of rotatable bonds is 6. The van der Waals surface area contributed by atoms with Gasteiger partial charge in [0.25, 0.3) is 0 Å². The van der Waals surface area contributed by atoms with Crippen molar-refractivity contribution in [3.63, 3.8) is 0 Å². The fourth-order valence-corrected chi connectivity index (χ4v) is 5.25. The number of aromatic nitrogens is 2. The first kappa shape index (κ1) is 25.0. The average Bonchev–Trinajstić information content (AvgIpc) is 3.45. The minimum absolute atomic E-state index is 0.0859. The van der Waals surface area contributed by atoms with Gasteiger partial charge in [-0.25, -0.2) is 0 Å². The maximum Gasteiger partial charge on any atom is 0.226 e. The monoisotopic (exact) mass is 529 g/mol. The highest BCUT2D eigenvalue weighted by molar-refractivity contribution is 7.80. The lowest BCUT2D eigenvalue weighted by Gasteiger charge is -2.29. The van der Waals surface area contributed by atoms with Gasteiger partial charge in [-0.05, 0) is 73.7 Å². The number of nitrogens with one attached hydrogen (secondary N) is 2. The number of halogens is 1. The van der Waals surface area contributed by atoms with Crippen LogP contribution in [0.1, 0.15) is 43.0 Å². The van der Waals surface area contributed by atoms with E-state index in [9.17, 15) is 4.79 Å². The predicted molar refractivity (Wildman–Crippen MR) is 153 cm³/mol. The van der Waals surface area contributed by atoms with Gasteiger partial charge in [0.2, 0.25) is 5.91 Å². The Balaban J connectivity index is 1.62. The molecule has 188 valence electrons. The molecule has 4 aromatic rings. The summed E-state index contributed by atoms with van der Waals surface area (Å²) in [6.45, 7) is 5.79. The Labute approximate surface area is 227 Å². The molecule has 3 heterocycles. The second kappa shape index (κ2) is 10.4. The lowest BCUT2D eigenvalue weighted by molar-refractivity contribution is -0.118. The Morgan fingerprint density at radius 3 is 2.46 bits per heavy atom. The molecule has 1 amide bonds. The highest BCUT2D eigenvalue weighted by Gasteiger charge is 2.42. The number of benzene rings is 2. The van der Waals surface area contributed by atoms with Crippen molar-refractivity contribution in [2.45, 2.75) is 32.9 Å². The number of hydrogen-bond acceptors (Lipinski definition) is 3. The van der Waals surface area contributed by atoms with Gasteiger partial charge >= 0.3 is 0 Å². The summed E-state index contributed by atoms with van der Waals surface area (Å²) in [7, 11) is 0. The quantitative estimate of drug-likeness (QED) is 0.275. The third kappa shape index (κ3) is 4.84. The van der Waals surface area contributed by atoms with Crippen molar-refractivity contribution in [3.05, 3.63) is 107 Å². The van der Waals surface area contributed by atoms with Gasteiger partial charge in [-0.15, -0.1) is 0 Å². The first-order valence-electron chi connectivity index (χ1n) is 12.2. The first-order chi connectivity index (χ1) is 17.8. The summed E-state index contributed by atoms with van der Waals surface area (Å²) in [5.41, 5.74) is 5.55. The van der Waals surface area contributed by atoms with Gasteiger partial charge < -0.3 is 20.1 Å². The van der Waals surface area contributed by atoms with Crippen LogP contribution in [0.2, 0.25) is 5.02 Å². The molecule has 37 heavy (non-hydrogen) atoms. The third-order valence-corrected chi connectivity index (χ3v) is 7.16. The molecule has 2 aromatic heterocycles. The van der Waals surface area contributed by atoms with Crippen LogP contribution in [0.15, 0.2) is 85.1 Å². The van der Waals surface area contributed by atoms with E-state index in [0.29, 0.717) is 15.8 Å². The van der Waals surface area contributed by atoms with Gasteiger partial charge in [0, 0.05) is 34.9 Å². The number of nitrogens with zero attached hydrogens (tertiary/aromatic N) is 3. The molecule has 0 unspecified atom stereocenters. The third-order valence-electron chi connectivity index (χ3n) is 6.53. The molecule has 0 saturated carbocycles. The molecule has 0 radical (unpaired) electrons. The van der Waals surface area contributed by atoms with E-state index < -0.39 is 0 Å². The number of aryl methyl sites for hydroxylation is 1. The van der Waals surface area contributed by atoms with Gasteiger partial charge in [0.15, 0.2) is 5.11 Å².